The summed E-state index contributed by atoms with van der Waals surface area (Å²) in [5.74, 6) is -2.84. The molecule has 0 atom stereocenters. The lowest BCUT2D eigenvalue weighted by molar-refractivity contribution is -0.145. The highest BCUT2D eigenvalue weighted by atomic mass is 16.5. The van der Waals surface area contributed by atoms with Gasteiger partial charge in [0.05, 0.1) is 18.6 Å². The van der Waals surface area contributed by atoms with E-state index >= 15 is 0 Å². The van der Waals surface area contributed by atoms with Crippen molar-refractivity contribution in [3.05, 3.63) is 64.9 Å². The van der Waals surface area contributed by atoms with E-state index in [2.05, 4.69) is 0 Å². The second-order valence-corrected chi connectivity index (χ2v) is 7.37. The van der Waals surface area contributed by atoms with Crippen molar-refractivity contribution >= 4 is 41.3 Å². The van der Waals surface area contributed by atoms with Crippen LogP contribution in [-0.4, -0.2) is 61.0 Å². The van der Waals surface area contributed by atoms with Crippen molar-refractivity contribution < 1.29 is 33.4 Å². The Bertz CT molecular complexity index is 1140. The van der Waals surface area contributed by atoms with E-state index in [1.54, 1.807) is 68.4 Å². The lowest BCUT2D eigenvalue weighted by Crippen LogP contribution is -2.45. The first-order chi connectivity index (χ1) is 15.7. The van der Waals surface area contributed by atoms with Gasteiger partial charge in [-0.25, -0.2) is 4.79 Å². The van der Waals surface area contributed by atoms with Gasteiger partial charge in [0.25, 0.3) is 11.8 Å². The summed E-state index contributed by atoms with van der Waals surface area (Å²) in [5.41, 5.74) is 0.261. The zero-order valence-corrected chi connectivity index (χ0v) is 18.5. The molecule has 9 nitrogen and oxygen atoms in total. The smallest absolute Gasteiger partial charge is 0.344 e. The molecule has 1 aromatic heterocycles. The first kappa shape index (κ1) is 23.5. The van der Waals surface area contributed by atoms with E-state index in [1.807, 2.05) is 0 Å². The number of benzene rings is 1. The number of hydrogen-bond donors (Lipinski definition) is 1. The summed E-state index contributed by atoms with van der Waals surface area (Å²) in [7, 11) is 3.59. The van der Waals surface area contributed by atoms with Crippen LogP contribution in [0.5, 0.6) is 0 Å². The molecule has 0 saturated carbocycles. The number of nitrogens with zero attached hydrogens (tertiary/aromatic N) is 2. The standard InChI is InChI=1S/C24H24N2O7/c1-4-32-24(31)21-20(15-8-6-5-7-9-15)17(14-16-10-11-18(33-16)25(2)3)22(29)26(23(21)30)13-12-19(27)28/h5-11,14H,4,12-13H2,1-3H3,(H,27,28)/b17-14-. The van der Waals surface area contributed by atoms with Crippen LogP contribution < -0.4 is 4.90 Å². The molecule has 1 aliphatic heterocycles. The minimum absolute atomic E-state index is 0.0180. The molecule has 1 aromatic carbocycles. The van der Waals surface area contributed by atoms with Gasteiger partial charge in [-0.1, -0.05) is 30.3 Å². The molecule has 0 aliphatic carbocycles. The summed E-state index contributed by atoms with van der Waals surface area (Å²) < 4.78 is 10.9. The van der Waals surface area contributed by atoms with E-state index in [9.17, 15) is 19.2 Å². The molecule has 0 spiro atoms. The molecule has 172 valence electrons. The van der Waals surface area contributed by atoms with Crippen molar-refractivity contribution in [1.82, 2.24) is 4.90 Å². The zero-order chi connectivity index (χ0) is 24.1. The number of aliphatic carboxylic acids is 1. The number of esters is 1. The molecular formula is C24H24N2O7. The number of carboxylic acids is 1. The molecular weight excluding hydrogens is 428 g/mol. The molecule has 3 rings (SSSR count). The van der Waals surface area contributed by atoms with Crippen molar-refractivity contribution in [1.29, 1.82) is 0 Å². The molecule has 1 N–H and O–H groups in total. The third kappa shape index (κ3) is 5.03. The van der Waals surface area contributed by atoms with Crippen LogP contribution in [0, 0.1) is 0 Å². The van der Waals surface area contributed by atoms with E-state index in [-0.39, 0.29) is 23.3 Å². The van der Waals surface area contributed by atoms with Crippen molar-refractivity contribution in [2.45, 2.75) is 13.3 Å². The molecule has 0 bridgehead atoms. The largest absolute Gasteiger partial charge is 0.481 e. The molecule has 0 unspecified atom stereocenters. The number of carbonyl (C=O) groups is 4. The highest BCUT2D eigenvalue weighted by Gasteiger charge is 2.41. The predicted molar refractivity (Wildman–Crippen MR) is 120 cm³/mol. The molecule has 2 aromatic rings. The Morgan fingerprint density at radius 3 is 2.36 bits per heavy atom. The number of carbonyl (C=O) groups excluding carboxylic acids is 3. The maximum Gasteiger partial charge on any atom is 0.344 e. The number of hydrogen-bond acceptors (Lipinski definition) is 7. The average Bonchev–Trinajstić information content (AvgIpc) is 3.25. The van der Waals surface area contributed by atoms with Crippen LogP contribution in [0.2, 0.25) is 0 Å². The molecule has 0 radical (unpaired) electrons. The van der Waals surface area contributed by atoms with Crippen LogP contribution in [0.25, 0.3) is 11.6 Å². The Balaban J connectivity index is 2.26. The summed E-state index contributed by atoms with van der Waals surface area (Å²) in [4.78, 5) is 53.1. The predicted octanol–water partition coefficient (Wildman–Crippen LogP) is 2.59. The molecule has 2 amide bonds. The normalized spacial score (nSPS) is 15.2. The highest BCUT2D eigenvalue weighted by Crippen LogP contribution is 2.36. The quantitative estimate of drug-likeness (QED) is 0.281. The van der Waals surface area contributed by atoms with Crippen molar-refractivity contribution in [3.63, 3.8) is 0 Å². The van der Waals surface area contributed by atoms with Gasteiger partial charge in [0, 0.05) is 32.3 Å². The number of amides is 2. The van der Waals surface area contributed by atoms with Gasteiger partial charge in [-0.3, -0.25) is 19.3 Å². The third-order valence-electron chi connectivity index (χ3n) is 4.89. The van der Waals surface area contributed by atoms with Crippen LogP contribution in [0.15, 0.2) is 58.0 Å². The minimum atomic E-state index is -1.18. The Hall–Kier alpha value is -4.14. The van der Waals surface area contributed by atoms with Gasteiger partial charge in [-0.05, 0) is 24.6 Å². The fourth-order valence-corrected chi connectivity index (χ4v) is 3.37. The average molecular weight is 452 g/mol. The van der Waals surface area contributed by atoms with Gasteiger partial charge in [0.15, 0.2) is 5.88 Å². The Labute approximate surface area is 190 Å². The van der Waals surface area contributed by atoms with Crippen LogP contribution >= 0.6 is 0 Å². The van der Waals surface area contributed by atoms with E-state index in [0.29, 0.717) is 17.2 Å². The maximum atomic E-state index is 13.4. The van der Waals surface area contributed by atoms with Gasteiger partial charge in [0.1, 0.15) is 11.3 Å². The second-order valence-electron chi connectivity index (χ2n) is 7.37. The minimum Gasteiger partial charge on any atom is -0.481 e. The summed E-state index contributed by atoms with van der Waals surface area (Å²) in [6.45, 7) is 1.23. The number of anilines is 1. The highest BCUT2D eigenvalue weighted by molar-refractivity contribution is 6.35. The van der Waals surface area contributed by atoms with Crippen molar-refractivity contribution in [3.8, 4) is 0 Å². The van der Waals surface area contributed by atoms with Gasteiger partial charge in [0.2, 0.25) is 0 Å². The van der Waals surface area contributed by atoms with E-state index in [4.69, 9.17) is 14.3 Å². The summed E-state index contributed by atoms with van der Waals surface area (Å²) >= 11 is 0. The first-order valence-corrected chi connectivity index (χ1v) is 10.3. The van der Waals surface area contributed by atoms with E-state index in [0.717, 1.165) is 4.90 Å². The molecule has 33 heavy (non-hydrogen) atoms. The number of carboxylic acid groups (broad SMARTS) is 1. The van der Waals surface area contributed by atoms with E-state index < -0.39 is 36.7 Å². The van der Waals surface area contributed by atoms with Crippen LogP contribution in [0.1, 0.15) is 24.7 Å². The Kier molecular flexibility index (Phi) is 7.12. The van der Waals surface area contributed by atoms with Gasteiger partial charge < -0.3 is 19.2 Å². The Morgan fingerprint density at radius 1 is 1.09 bits per heavy atom. The molecule has 1 aliphatic rings. The molecule has 0 saturated heterocycles. The zero-order valence-electron chi connectivity index (χ0n) is 18.5. The number of rotatable bonds is 8. The SMILES string of the molecule is CCOC(=O)C1=C(c2ccccc2)/C(=C/c2ccc(N(C)C)o2)C(=O)N(CCC(=O)O)C1=O. The summed E-state index contributed by atoms with van der Waals surface area (Å²) in [6, 6.07) is 11.9. The van der Waals surface area contributed by atoms with Crippen LogP contribution in [0.4, 0.5) is 5.88 Å². The molecule has 9 heteroatoms. The van der Waals surface area contributed by atoms with Gasteiger partial charge in [-0.2, -0.15) is 0 Å². The van der Waals surface area contributed by atoms with Crippen LogP contribution in [0.3, 0.4) is 0 Å². The molecule has 0 fully saturated rings. The van der Waals surface area contributed by atoms with Gasteiger partial charge in [-0.15, -0.1) is 0 Å². The number of furan rings is 1. The van der Waals surface area contributed by atoms with Crippen molar-refractivity contribution in [2.75, 3.05) is 32.1 Å². The summed E-state index contributed by atoms with van der Waals surface area (Å²) in [5, 5.41) is 9.07. The second kappa shape index (κ2) is 9.99. The van der Waals surface area contributed by atoms with Gasteiger partial charge >= 0.3 is 11.9 Å². The lowest BCUT2D eigenvalue weighted by Gasteiger charge is -2.29. The Morgan fingerprint density at radius 2 is 1.79 bits per heavy atom. The molecule has 2 heterocycles. The third-order valence-corrected chi connectivity index (χ3v) is 4.89. The monoisotopic (exact) mass is 452 g/mol. The first-order valence-electron chi connectivity index (χ1n) is 10.3. The van der Waals surface area contributed by atoms with Crippen LogP contribution in [-0.2, 0) is 23.9 Å². The number of imide groups is 1. The summed E-state index contributed by atoms with van der Waals surface area (Å²) in [6.07, 6.45) is 0.976. The fourth-order valence-electron chi connectivity index (χ4n) is 3.37. The lowest BCUT2D eigenvalue weighted by atomic mass is 9.87. The van der Waals surface area contributed by atoms with E-state index in [1.165, 1.54) is 6.08 Å². The topological polar surface area (TPSA) is 117 Å². The fraction of sp³-hybridized carbons (Fsp3) is 0.250. The maximum absolute atomic E-state index is 13.4. The van der Waals surface area contributed by atoms with Crippen molar-refractivity contribution in [2.24, 2.45) is 0 Å². The number of ether oxygens (including phenoxy) is 1.